The molecule has 1 heterocycles. The quantitative estimate of drug-likeness (QED) is 0.726. The van der Waals surface area contributed by atoms with Crippen LogP contribution in [0, 0.1) is 0 Å². The fourth-order valence-corrected chi connectivity index (χ4v) is 2.08. The van der Waals surface area contributed by atoms with Crippen LogP contribution in [0.3, 0.4) is 0 Å². The Hall–Kier alpha value is -1.36. The van der Waals surface area contributed by atoms with E-state index in [0.717, 1.165) is 38.0 Å². The van der Waals surface area contributed by atoms with E-state index < -0.39 is 0 Å². The van der Waals surface area contributed by atoms with Gasteiger partial charge >= 0.3 is 0 Å². The first-order chi connectivity index (χ1) is 9.08. The van der Waals surface area contributed by atoms with Gasteiger partial charge in [0.15, 0.2) is 0 Å². The van der Waals surface area contributed by atoms with E-state index in [4.69, 9.17) is 5.73 Å². The molecular weight excluding hydrogens is 240 g/mol. The second-order valence-electron chi connectivity index (χ2n) is 4.92. The lowest BCUT2D eigenvalue weighted by Crippen LogP contribution is -2.28. The van der Waals surface area contributed by atoms with Crippen LogP contribution in [0.1, 0.15) is 40.0 Å². The summed E-state index contributed by atoms with van der Waals surface area (Å²) in [6, 6.07) is 1.90. The third-order valence-electron chi connectivity index (χ3n) is 3.26. The Kier molecular flexibility index (Phi) is 6.56. The molecule has 0 fully saturated rings. The molecule has 5 nitrogen and oxygen atoms in total. The van der Waals surface area contributed by atoms with Gasteiger partial charge in [-0.05, 0) is 33.6 Å². The van der Waals surface area contributed by atoms with Crippen molar-refractivity contribution in [1.82, 2.24) is 9.78 Å². The minimum Gasteiger partial charge on any atom is -0.371 e. The number of rotatable bonds is 8. The van der Waals surface area contributed by atoms with Crippen molar-refractivity contribution in [3.8, 4) is 0 Å². The Bertz CT molecular complexity index is 424. The highest BCUT2D eigenvalue weighted by atomic mass is 16.1. The van der Waals surface area contributed by atoms with Crippen molar-refractivity contribution in [1.29, 1.82) is 0 Å². The van der Waals surface area contributed by atoms with Crippen molar-refractivity contribution in [2.45, 2.75) is 52.6 Å². The van der Waals surface area contributed by atoms with Crippen molar-refractivity contribution in [3.63, 3.8) is 0 Å². The van der Waals surface area contributed by atoms with E-state index in [0.29, 0.717) is 6.54 Å². The maximum atomic E-state index is 12.0. The molecule has 0 radical (unpaired) electrons. The number of nitrogens with two attached hydrogens (primary N) is 1. The summed E-state index contributed by atoms with van der Waals surface area (Å²) in [6.45, 7) is 8.59. The molecule has 1 atom stereocenters. The van der Waals surface area contributed by atoms with E-state index in [-0.39, 0.29) is 11.6 Å². The first kappa shape index (κ1) is 15.7. The monoisotopic (exact) mass is 266 g/mol. The molecule has 0 amide bonds. The molecule has 2 N–H and O–H groups in total. The summed E-state index contributed by atoms with van der Waals surface area (Å²) in [5.74, 6) is 0. The molecule has 0 saturated carbocycles. The number of unbranched alkanes of at least 4 members (excludes halogenated alkanes) is 1. The van der Waals surface area contributed by atoms with Gasteiger partial charge in [0.05, 0.1) is 11.9 Å². The number of anilines is 1. The average Bonchev–Trinajstić information content (AvgIpc) is 2.38. The van der Waals surface area contributed by atoms with Crippen molar-refractivity contribution >= 4 is 5.69 Å². The zero-order chi connectivity index (χ0) is 14.3. The molecule has 0 aliphatic carbocycles. The van der Waals surface area contributed by atoms with Gasteiger partial charge in [0.2, 0.25) is 0 Å². The van der Waals surface area contributed by atoms with Gasteiger partial charge in [-0.2, -0.15) is 5.10 Å². The summed E-state index contributed by atoms with van der Waals surface area (Å²) in [5.41, 5.74) is 6.58. The second kappa shape index (κ2) is 7.94. The molecule has 5 heteroatoms. The predicted octanol–water partition coefficient (Wildman–Crippen LogP) is 1.61. The van der Waals surface area contributed by atoms with Crippen LogP contribution in [-0.4, -0.2) is 28.9 Å². The minimum absolute atomic E-state index is 0.0230. The third kappa shape index (κ3) is 5.03. The molecule has 1 aromatic heterocycles. The van der Waals surface area contributed by atoms with Crippen LogP contribution in [0.2, 0.25) is 0 Å². The number of aromatic nitrogens is 2. The summed E-state index contributed by atoms with van der Waals surface area (Å²) in [4.78, 5) is 14.1. The van der Waals surface area contributed by atoms with Gasteiger partial charge in [-0.15, -0.1) is 0 Å². The van der Waals surface area contributed by atoms with Crippen LogP contribution in [0.4, 0.5) is 5.69 Å². The van der Waals surface area contributed by atoms with Crippen LogP contribution < -0.4 is 16.2 Å². The summed E-state index contributed by atoms with van der Waals surface area (Å²) >= 11 is 0. The molecule has 108 valence electrons. The van der Waals surface area contributed by atoms with Crippen LogP contribution in [0.15, 0.2) is 17.1 Å². The smallest absolute Gasteiger partial charge is 0.268 e. The molecule has 0 spiro atoms. The summed E-state index contributed by atoms with van der Waals surface area (Å²) < 4.78 is 1.54. The number of hydrogen-bond donors (Lipinski definition) is 1. The Morgan fingerprint density at radius 2 is 2.05 bits per heavy atom. The fourth-order valence-electron chi connectivity index (χ4n) is 2.08. The van der Waals surface area contributed by atoms with Crippen LogP contribution in [0.5, 0.6) is 0 Å². The Morgan fingerprint density at radius 3 is 2.58 bits per heavy atom. The lowest BCUT2D eigenvalue weighted by atomic mass is 10.1. The predicted molar refractivity (Wildman–Crippen MR) is 79.6 cm³/mol. The summed E-state index contributed by atoms with van der Waals surface area (Å²) in [5, 5.41) is 4.24. The van der Waals surface area contributed by atoms with Crippen LogP contribution in [0.25, 0.3) is 0 Å². The van der Waals surface area contributed by atoms with Crippen LogP contribution in [-0.2, 0) is 6.54 Å². The van der Waals surface area contributed by atoms with Gasteiger partial charge in [-0.3, -0.25) is 4.79 Å². The molecule has 1 aromatic rings. The van der Waals surface area contributed by atoms with Gasteiger partial charge in [0, 0.05) is 31.7 Å². The maximum Gasteiger partial charge on any atom is 0.268 e. The highest BCUT2D eigenvalue weighted by molar-refractivity contribution is 5.42. The van der Waals surface area contributed by atoms with E-state index >= 15 is 0 Å². The lowest BCUT2D eigenvalue weighted by molar-refractivity contribution is 0.503. The SMILES string of the molecule is CCN(CC)c1cnn(CCCCC(C)N)c(=O)c1. The Labute approximate surface area is 115 Å². The molecule has 0 saturated heterocycles. The van der Waals surface area contributed by atoms with Crippen molar-refractivity contribution in [2.24, 2.45) is 5.73 Å². The second-order valence-corrected chi connectivity index (χ2v) is 4.92. The van der Waals surface area contributed by atoms with Gasteiger partial charge in [0.25, 0.3) is 5.56 Å². The first-order valence-corrected chi connectivity index (χ1v) is 7.16. The van der Waals surface area contributed by atoms with Crippen molar-refractivity contribution in [3.05, 3.63) is 22.6 Å². The lowest BCUT2D eigenvalue weighted by Gasteiger charge is -2.20. The summed E-state index contributed by atoms with van der Waals surface area (Å²) in [6.07, 6.45) is 4.74. The van der Waals surface area contributed by atoms with Crippen LogP contribution >= 0.6 is 0 Å². The largest absolute Gasteiger partial charge is 0.371 e. The van der Waals surface area contributed by atoms with E-state index in [1.54, 1.807) is 12.3 Å². The molecule has 0 aromatic carbocycles. The Balaban J connectivity index is 2.60. The highest BCUT2D eigenvalue weighted by Gasteiger charge is 2.05. The average molecular weight is 266 g/mol. The van der Waals surface area contributed by atoms with Gasteiger partial charge in [-0.1, -0.05) is 6.42 Å². The van der Waals surface area contributed by atoms with Crippen molar-refractivity contribution < 1.29 is 0 Å². The Morgan fingerprint density at radius 1 is 1.37 bits per heavy atom. The third-order valence-corrected chi connectivity index (χ3v) is 3.26. The minimum atomic E-state index is -0.0230. The zero-order valence-electron chi connectivity index (χ0n) is 12.3. The zero-order valence-corrected chi connectivity index (χ0v) is 12.3. The normalized spacial score (nSPS) is 12.4. The maximum absolute atomic E-state index is 12.0. The van der Waals surface area contributed by atoms with E-state index in [1.165, 1.54) is 4.68 Å². The molecular formula is C14H26N4O. The molecule has 19 heavy (non-hydrogen) atoms. The standard InChI is InChI=1S/C14H26N4O/c1-4-17(5-2)13-10-14(19)18(16-11-13)9-7-6-8-12(3)15/h10-12H,4-9,15H2,1-3H3. The first-order valence-electron chi connectivity index (χ1n) is 7.16. The number of hydrogen-bond acceptors (Lipinski definition) is 4. The van der Waals surface area contributed by atoms with Gasteiger partial charge < -0.3 is 10.6 Å². The number of aryl methyl sites for hydroxylation is 1. The van der Waals surface area contributed by atoms with E-state index in [2.05, 4.69) is 23.8 Å². The number of nitrogens with zero attached hydrogens (tertiary/aromatic N) is 3. The molecule has 1 rings (SSSR count). The highest BCUT2D eigenvalue weighted by Crippen LogP contribution is 2.08. The molecule has 1 unspecified atom stereocenters. The molecule has 0 bridgehead atoms. The van der Waals surface area contributed by atoms with E-state index in [1.807, 2.05) is 6.92 Å². The topological polar surface area (TPSA) is 64.2 Å². The molecule has 0 aliphatic rings. The van der Waals surface area contributed by atoms with E-state index in [9.17, 15) is 4.79 Å². The summed E-state index contributed by atoms with van der Waals surface area (Å²) in [7, 11) is 0. The van der Waals surface area contributed by atoms with Crippen molar-refractivity contribution in [2.75, 3.05) is 18.0 Å². The molecule has 0 aliphatic heterocycles. The van der Waals surface area contributed by atoms with Gasteiger partial charge in [-0.25, -0.2) is 4.68 Å². The fraction of sp³-hybridized carbons (Fsp3) is 0.714. The van der Waals surface area contributed by atoms with Gasteiger partial charge in [0.1, 0.15) is 0 Å².